The Bertz CT molecular complexity index is 1260. The number of carbonyl (C=O) groups excluding carboxylic acids is 2. The number of amides is 1. The van der Waals surface area contributed by atoms with Crippen molar-refractivity contribution in [3.8, 4) is 0 Å². The van der Waals surface area contributed by atoms with E-state index in [4.69, 9.17) is 4.74 Å². The van der Waals surface area contributed by atoms with Gasteiger partial charge in [-0.2, -0.15) is 0 Å². The van der Waals surface area contributed by atoms with Crippen molar-refractivity contribution < 1.29 is 24.5 Å². The quantitative estimate of drug-likeness (QED) is 0.0245. The van der Waals surface area contributed by atoms with Crippen LogP contribution >= 0.6 is 0 Å². The molecule has 6 heteroatoms. The number of esters is 1. The van der Waals surface area contributed by atoms with E-state index in [0.717, 1.165) is 77.0 Å². The van der Waals surface area contributed by atoms with E-state index >= 15 is 0 Å². The Balaban J connectivity index is 4.68. The fraction of sp³-hybridized carbons (Fsp3) is 0.684. The van der Waals surface area contributed by atoms with Crippen LogP contribution in [0.25, 0.3) is 0 Å². The van der Waals surface area contributed by atoms with Crippen LogP contribution in [0.5, 0.6) is 0 Å². The number of allylic oxidation sites excluding steroid dienone is 16. The minimum atomic E-state index is -0.814. The molecular formula is C57H97NO5. The summed E-state index contributed by atoms with van der Waals surface area (Å²) in [4.78, 5) is 26.1. The van der Waals surface area contributed by atoms with Gasteiger partial charge in [-0.05, 0) is 77.0 Å². The molecule has 1 amide bonds. The molecular weight excluding hydrogens is 779 g/mol. The van der Waals surface area contributed by atoms with Crippen LogP contribution < -0.4 is 5.32 Å². The molecule has 0 saturated heterocycles. The Morgan fingerprint density at radius 2 is 0.937 bits per heavy atom. The summed E-state index contributed by atoms with van der Waals surface area (Å²) in [7, 11) is 0. The Labute approximate surface area is 388 Å². The topological polar surface area (TPSA) is 95.9 Å². The van der Waals surface area contributed by atoms with Crippen LogP contribution in [0.1, 0.15) is 226 Å². The summed E-state index contributed by atoms with van der Waals surface area (Å²) in [6, 6.07) is -0.732. The van der Waals surface area contributed by atoms with Crippen LogP contribution in [0.4, 0.5) is 0 Å². The van der Waals surface area contributed by atoms with Crippen molar-refractivity contribution in [3.63, 3.8) is 0 Å². The predicted octanol–water partition coefficient (Wildman–Crippen LogP) is 15.7. The van der Waals surface area contributed by atoms with E-state index in [-0.39, 0.29) is 24.9 Å². The van der Waals surface area contributed by atoms with Gasteiger partial charge >= 0.3 is 5.97 Å². The van der Waals surface area contributed by atoms with Crippen molar-refractivity contribution in [1.29, 1.82) is 0 Å². The summed E-state index contributed by atoms with van der Waals surface area (Å²) in [5.41, 5.74) is 0. The zero-order valence-corrected chi connectivity index (χ0v) is 40.9. The molecule has 0 fully saturated rings. The third-order valence-corrected chi connectivity index (χ3v) is 11.3. The predicted molar refractivity (Wildman–Crippen MR) is 273 cm³/mol. The van der Waals surface area contributed by atoms with Gasteiger partial charge in [0, 0.05) is 6.42 Å². The molecule has 0 radical (unpaired) electrons. The number of nitrogens with one attached hydrogen (secondary N) is 1. The Kier molecular flexibility index (Phi) is 47.2. The summed E-state index contributed by atoms with van der Waals surface area (Å²) >= 11 is 0. The number of aliphatic hydroxyl groups is 2. The molecule has 0 aliphatic carbocycles. The van der Waals surface area contributed by atoms with Crippen LogP contribution in [-0.4, -0.2) is 46.9 Å². The molecule has 3 atom stereocenters. The van der Waals surface area contributed by atoms with E-state index in [9.17, 15) is 19.8 Å². The summed E-state index contributed by atoms with van der Waals surface area (Å²) in [5.74, 6) is -0.567. The summed E-state index contributed by atoms with van der Waals surface area (Å²) in [6.07, 6.45) is 66.1. The maximum Gasteiger partial charge on any atom is 0.306 e. The number of ether oxygens (including phenoxy) is 1. The van der Waals surface area contributed by atoms with Crippen LogP contribution in [0.2, 0.25) is 0 Å². The van der Waals surface area contributed by atoms with Gasteiger partial charge in [0.05, 0.1) is 25.2 Å². The fourth-order valence-electron chi connectivity index (χ4n) is 7.35. The molecule has 360 valence electrons. The maximum atomic E-state index is 13.2. The average molecular weight is 876 g/mol. The van der Waals surface area contributed by atoms with Gasteiger partial charge in [-0.1, -0.05) is 234 Å². The largest absolute Gasteiger partial charge is 0.462 e. The molecule has 0 aromatic carbocycles. The lowest BCUT2D eigenvalue weighted by atomic mass is 10.0. The van der Waals surface area contributed by atoms with Crippen LogP contribution in [-0.2, 0) is 14.3 Å². The zero-order valence-electron chi connectivity index (χ0n) is 40.9. The first kappa shape index (κ1) is 59.8. The molecule has 0 rings (SSSR count). The molecule has 3 N–H and O–H groups in total. The van der Waals surface area contributed by atoms with Crippen molar-refractivity contribution in [2.24, 2.45) is 0 Å². The second kappa shape index (κ2) is 49.8. The van der Waals surface area contributed by atoms with Crippen molar-refractivity contribution >= 4 is 11.9 Å². The first-order valence-electron chi connectivity index (χ1n) is 26.0. The van der Waals surface area contributed by atoms with E-state index in [0.29, 0.717) is 19.3 Å². The normalized spacial score (nSPS) is 14.0. The van der Waals surface area contributed by atoms with Gasteiger partial charge in [-0.3, -0.25) is 9.59 Å². The number of aliphatic hydroxyl groups excluding tert-OH is 2. The highest BCUT2D eigenvalue weighted by Gasteiger charge is 2.24. The third kappa shape index (κ3) is 45.2. The number of rotatable bonds is 45. The molecule has 0 heterocycles. The number of hydrogen-bond donors (Lipinski definition) is 3. The third-order valence-electron chi connectivity index (χ3n) is 11.3. The molecule has 0 aliphatic rings. The van der Waals surface area contributed by atoms with Gasteiger partial charge in [0.2, 0.25) is 5.91 Å². The molecule has 0 saturated carbocycles. The Morgan fingerprint density at radius 1 is 0.492 bits per heavy atom. The van der Waals surface area contributed by atoms with Crippen LogP contribution in [0.3, 0.4) is 0 Å². The lowest BCUT2D eigenvalue weighted by molar-refractivity contribution is -0.151. The highest BCUT2D eigenvalue weighted by atomic mass is 16.5. The molecule has 0 bridgehead atoms. The average Bonchev–Trinajstić information content (AvgIpc) is 3.28. The number of unbranched alkanes of at least 4 members (excludes halogenated alkanes) is 21. The summed E-state index contributed by atoms with van der Waals surface area (Å²) in [6.45, 7) is 6.28. The van der Waals surface area contributed by atoms with Gasteiger partial charge < -0.3 is 20.3 Å². The van der Waals surface area contributed by atoms with E-state index in [1.54, 1.807) is 0 Å². The van der Waals surface area contributed by atoms with E-state index < -0.39 is 18.2 Å². The Morgan fingerprint density at radius 3 is 1.49 bits per heavy atom. The minimum Gasteiger partial charge on any atom is -0.462 e. The number of carbonyl (C=O) groups is 2. The molecule has 6 nitrogen and oxygen atoms in total. The second-order valence-corrected chi connectivity index (χ2v) is 17.3. The summed E-state index contributed by atoms with van der Waals surface area (Å²) in [5, 5.41) is 23.7. The van der Waals surface area contributed by atoms with Crippen LogP contribution in [0.15, 0.2) is 97.2 Å². The lowest BCUT2D eigenvalue weighted by Gasteiger charge is -2.24. The molecule has 0 spiro atoms. The molecule has 63 heavy (non-hydrogen) atoms. The molecule has 0 aliphatic heterocycles. The highest BCUT2D eigenvalue weighted by molar-refractivity contribution is 5.77. The molecule has 0 aromatic heterocycles. The van der Waals surface area contributed by atoms with Gasteiger partial charge in [-0.15, -0.1) is 0 Å². The second-order valence-electron chi connectivity index (χ2n) is 17.3. The van der Waals surface area contributed by atoms with Crippen molar-refractivity contribution in [1.82, 2.24) is 5.32 Å². The minimum absolute atomic E-state index is 0.0181. The van der Waals surface area contributed by atoms with E-state index in [1.165, 1.54) is 103 Å². The fourth-order valence-corrected chi connectivity index (χ4v) is 7.35. The highest BCUT2D eigenvalue weighted by Crippen LogP contribution is 2.17. The van der Waals surface area contributed by atoms with Gasteiger partial charge in [0.1, 0.15) is 6.10 Å². The number of hydrogen-bond acceptors (Lipinski definition) is 5. The van der Waals surface area contributed by atoms with E-state index in [2.05, 4.69) is 74.7 Å². The first-order valence-corrected chi connectivity index (χ1v) is 26.0. The maximum absolute atomic E-state index is 13.2. The van der Waals surface area contributed by atoms with Gasteiger partial charge in [-0.25, -0.2) is 0 Å². The summed E-state index contributed by atoms with van der Waals surface area (Å²) < 4.78 is 5.89. The lowest BCUT2D eigenvalue weighted by Crippen LogP contribution is -2.46. The molecule has 0 aromatic rings. The van der Waals surface area contributed by atoms with Gasteiger partial charge in [0.25, 0.3) is 0 Å². The Hall–Kier alpha value is -3.22. The zero-order chi connectivity index (χ0) is 45.9. The van der Waals surface area contributed by atoms with E-state index in [1.807, 2.05) is 48.6 Å². The monoisotopic (exact) mass is 876 g/mol. The SMILES string of the molecule is CC/C=C/C=C/C=C\C=C/C=C/CCCC(CC(=O)NC(CO)C(O)CCCCCCCCCCCCCC)OC(=O)CCCCCCCC/C=C\C/C=C\C/C=C\CCCCC. The standard InChI is InChI=1S/C57H97NO5/c1-4-7-10-13-16-19-22-25-26-27-28-29-30-32-35-38-41-44-47-50-57(62)63-53(48-45-42-39-36-33-31-23-20-17-14-11-8-5-2)51-56(61)58-54(52-59)55(60)49-46-43-40-37-34-24-21-18-15-12-9-6-3/h8,11,14,16-17,19-20,23,25-26,28-29,31,33,36,39,53-55,59-60H,4-7,9-10,12-13,15,18,21-22,24,27,30,32,34-35,37-38,40-52H2,1-3H3,(H,58,61)/b11-8+,17-14+,19-16-,23-20-,26-25-,29-28-,33-31-,39-36+. The van der Waals surface area contributed by atoms with Gasteiger partial charge in [0.15, 0.2) is 0 Å². The van der Waals surface area contributed by atoms with Crippen molar-refractivity contribution in [2.75, 3.05) is 6.61 Å². The molecule has 3 unspecified atom stereocenters. The van der Waals surface area contributed by atoms with Crippen LogP contribution in [0, 0.1) is 0 Å². The van der Waals surface area contributed by atoms with Crippen molar-refractivity contribution in [3.05, 3.63) is 97.2 Å². The van der Waals surface area contributed by atoms with Crippen molar-refractivity contribution in [2.45, 2.75) is 244 Å². The smallest absolute Gasteiger partial charge is 0.306 e. The first-order chi connectivity index (χ1) is 31.0.